The summed E-state index contributed by atoms with van der Waals surface area (Å²) in [5, 5.41) is 7.76. The van der Waals surface area contributed by atoms with Gasteiger partial charge in [0, 0.05) is 35.6 Å². The van der Waals surface area contributed by atoms with Crippen LogP contribution in [0.4, 0.5) is 0 Å². The molecule has 154 valence electrons. The van der Waals surface area contributed by atoms with Crippen LogP contribution in [-0.2, 0) is 11.2 Å². The quantitative estimate of drug-likeness (QED) is 0.638. The smallest absolute Gasteiger partial charge is 0.224 e. The number of carbonyl (C=O) groups is 1. The molecule has 3 rings (SSSR count). The predicted molar refractivity (Wildman–Crippen MR) is 117 cm³/mol. The minimum atomic E-state index is 0.0247. The van der Waals surface area contributed by atoms with Crippen molar-refractivity contribution in [3.63, 3.8) is 0 Å². The van der Waals surface area contributed by atoms with E-state index in [2.05, 4.69) is 36.2 Å². The van der Waals surface area contributed by atoms with Gasteiger partial charge in [-0.05, 0) is 39.4 Å². The summed E-state index contributed by atoms with van der Waals surface area (Å²) in [4.78, 5) is 19.6. The minimum absolute atomic E-state index is 0.0247. The van der Waals surface area contributed by atoms with Gasteiger partial charge in [0.2, 0.25) is 5.91 Å². The van der Waals surface area contributed by atoms with Crippen LogP contribution in [0.3, 0.4) is 0 Å². The van der Waals surface area contributed by atoms with Gasteiger partial charge in [0.25, 0.3) is 0 Å². The summed E-state index contributed by atoms with van der Waals surface area (Å²) in [7, 11) is 0. The van der Waals surface area contributed by atoms with Crippen LogP contribution in [0.1, 0.15) is 36.5 Å². The number of rotatable bonds is 8. The van der Waals surface area contributed by atoms with Crippen molar-refractivity contribution in [1.82, 2.24) is 24.8 Å². The summed E-state index contributed by atoms with van der Waals surface area (Å²) in [6, 6.07) is 10.2. The van der Waals surface area contributed by atoms with Crippen LogP contribution in [-0.4, -0.2) is 51.6 Å². The van der Waals surface area contributed by atoms with Crippen molar-refractivity contribution in [1.29, 1.82) is 0 Å². The monoisotopic (exact) mass is 393 g/mol. The van der Waals surface area contributed by atoms with Crippen LogP contribution >= 0.6 is 0 Å². The van der Waals surface area contributed by atoms with Crippen molar-refractivity contribution in [3.05, 3.63) is 53.0 Å². The number of likely N-dealkylation sites (N-methyl/N-ethyl adjacent to an activating group) is 1. The molecule has 0 fully saturated rings. The van der Waals surface area contributed by atoms with Gasteiger partial charge in [0.1, 0.15) is 0 Å². The Labute approximate surface area is 172 Å². The highest BCUT2D eigenvalue weighted by Crippen LogP contribution is 2.29. The van der Waals surface area contributed by atoms with Gasteiger partial charge in [0.15, 0.2) is 5.65 Å². The van der Waals surface area contributed by atoms with Crippen LogP contribution in [0.5, 0.6) is 0 Å². The summed E-state index contributed by atoms with van der Waals surface area (Å²) >= 11 is 0. The highest BCUT2D eigenvalue weighted by Gasteiger charge is 2.19. The zero-order valence-corrected chi connectivity index (χ0v) is 18.1. The van der Waals surface area contributed by atoms with Crippen molar-refractivity contribution in [2.45, 2.75) is 41.0 Å². The maximum atomic E-state index is 12.5. The summed E-state index contributed by atoms with van der Waals surface area (Å²) in [5.74, 6) is 0.0247. The fourth-order valence-corrected chi connectivity index (χ4v) is 3.78. The molecule has 0 saturated carbocycles. The molecule has 0 radical (unpaired) electrons. The molecule has 0 bridgehead atoms. The van der Waals surface area contributed by atoms with E-state index in [1.807, 2.05) is 43.5 Å². The molecule has 0 aliphatic carbocycles. The van der Waals surface area contributed by atoms with E-state index >= 15 is 0 Å². The van der Waals surface area contributed by atoms with Gasteiger partial charge in [-0.1, -0.05) is 44.2 Å². The Bertz CT molecular complexity index is 990. The number of amides is 1. The second-order valence-electron chi connectivity index (χ2n) is 7.38. The van der Waals surface area contributed by atoms with Gasteiger partial charge < -0.3 is 10.2 Å². The lowest BCUT2D eigenvalue weighted by molar-refractivity contribution is -0.120. The highest BCUT2D eigenvalue weighted by atomic mass is 16.1. The number of fused-ring (bicyclic) bond motifs is 1. The number of hydrogen-bond donors (Lipinski definition) is 1. The van der Waals surface area contributed by atoms with Gasteiger partial charge in [-0.25, -0.2) is 9.50 Å². The first kappa shape index (κ1) is 21.0. The van der Waals surface area contributed by atoms with Crippen LogP contribution in [0.25, 0.3) is 16.8 Å². The number of aryl methyl sites for hydroxylation is 3. The lowest BCUT2D eigenvalue weighted by atomic mass is 10.1. The summed E-state index contributed by atoms with van der Waals surface area (Å²) in [5.41, 5.74) is 6.73. The number of nitrogens with one attached hydrogen (secondary N) is 1. The first-order valence-corrected chi connectivity index (χ1v) is 10.4. The summed E-state index contributed by atoms with van der Waals surface area (Å²) < 4.78 is 1.88. The van der Waals surface area contributed by atoms with Gasteiger partial charge in [-0.2, -0.15) is 5.10 Å². The Hall–Kier alpha value is -2.73. The van der Waals surface area contributed by atoms with Crippen molar-refractivity contribution >= 4 is 11.6 Å². The lowest BCUT2D eigenvalue weighted by Gasteiger charge is -2.18. The van der Waals surface area contributed by atoms with Crippen LogP contribution in [0.15, 0.2) is 30.3 Å². The second-order valence-corrected chi connectivity index (χ2v) is 7.38. The van der Waals surface area contributed by atoms with Crippen molar-refractivity contribution < 1.29 is 4.79 Å². The van der Waals surface area contributed by atoms with Gasteiger partial charge in [-0.15, -0.1) is 0 Å². The molecule has 2 aromatic heterocycles. The molecule has 0 spiro atoms. The molecule has 3 aromatic rings. The van der Waals surface area contributed by atoms with Crippen molar-refractivity contribution in [3.8, 4) is 11.1 Å². The number of nitrogens with zero attached hydrogens (tertiary/aromatic N) is 4. The molecule has 0 saturated heterocycles. The molecular weight excluding hydrogens is 362 g/mol. The molecule has 6 heteroatoms. The van der Waals surface area contributed by atoms with Crippen LogP contribution in [0.2, 0.25) is 0 Å². The zero-order valence-electron chi connectivity index (χ0n) is 18.1. The maximum absolute atomic E-state index is 12.5. The average Bonchev–Trinajstić information content (AvgIpc) is 3.05. The Kier molecular flexibility index (Phi) is 6.64. The topological polar surface area (TPSA) is 62.5 Å². The largest absolute Gasteiger partial charge is 0.355 e. The highest BCUT2D eigenvalue weighted by molar-refractivity contribution is 5.82. The van der Waals surface area contributed by atoms with E-state index in [4.69, 9.17) is 10.1 Å². The predicted octanol–water partition coefficient (Wildman–Crippen LogP) is 3.32. The van der Waals surface area contributed by atoms with E-state index in [0.717, 1.165) is 59.1 Å². The number of hydrogen-bond acceptors (Lipinski definition) is 4. The average molecular weight is 394 g/mol. The Morgan fingerprint density at radius 1 is 1.07 bits per heavy atom. The van der Waals surface area contributed by atoms with Gasteiger partial charge in [0.05, 0.1) is 12.1 Å². The van der Waals surface area contributed by atoms with Crippen molar-refractivity contribution in [2.24, 2.45) is 0 Å². The number of aromatic nitrogens is 3. The molecule has 0 aliphatic heterocycles. The molecule has 29 heavy (non-hydrogen) atoms. The van der Waals surface area contributed by atoms with E-state index in [1.165, 1.54) is 0 Å². The van der Waals surface area contributed by atoms with E-state index in [0.29, 0.717) is 13.0 Å². The standard InChI is InChI=1S/C23H31N5O/c1-6-27(7-2)14-13-24-21(29)15-20-16(3)25-23-22(19-11-9-8-10-12-19)17(4)26-28(23)18(20)5/h8-12H,6-7,13-15H2,1-5H3,(H,24,29). The normalized spacial score (nSPS) is 11.4. The Morgan fingerprint density at radius 2 is 1.76 bits per heavy atom. The Morgan fingerprint density at radius 3 is 2.41 bits per heavy atom. The third kappa shape index (κ3) is 4.48. The second kappa shape index (κ2) is 9.18. The number of carbonyl (C=O) groups excluding carboxylic acids is 1. The van der Waals surface area contributed by atoms with Gasteiger partial charge >= 0.3 is 0 Å². The maximum Gasteiger partial charge on any atom is 0.224 e. The van der Waals surface area contributed by atoms with E-state index in [-0.39, 0.29) is 5.91 Å². The first-order valence-electron chi connectivity index (χ1n) is 10.4. The number of benzene rings is 1. The minimum Gasteiger partial charge on any atom is -0.355 e. The lowest BCUT2D eigenvalue weighted by Crippen LogP contribution is -2.35. The molecule has 1 amide bonds. The molecule has 0 unspecified atom stereocenters. The molecule has 2 heterocycles. The third-order valence-corrected chi connectivity index (χ3v) is 5.55. The molecule has 1 aromatic carbocycles. The first-order chi connectivity index (χ1) is 14.0. The van der Waals surface area contributed by atoms with Crippen LogP contribution in [0, 0.1) is 20.8 Å². The fraction of sp³-hybridized carbons (Fsp3) is 0.435. The third-order valence-electron chi connectivity index (χ3n) is 5.55. The van der Waals surface area contributed by atoms with Gasteiger partial charge in [-0.3, -0.25) is 4.79 Å². The van der Waals surface area contributed by atoms with E-state index < -0.39 is 0 Å². The summed E-state index contributed by atoms with van der Waals surface area (Å²) in [6.07, 6.45) is 0.318. The molecule has 6 nitrogen and oxygen atoms in total. The molecule has 1 N–H and O–H groups in total. The molecule has 0 atom stereocenters. The Balaban J connectivity index is 1.84. The van der Waals surface area contributed by atoms with E-state index in [9.17, 15) is 4.79 Å². The summed E-state index contributed by atoms with van der Waals surface area (Å²) in [6.45, 7) is 13.8. The SMILES string of the molecule is CCN(CC)CCNC(=O)Cc1c(C)nc2c(-c3ccccc3)c(C)nn2c1C. The molecular formula is C23H31N5O. The van der Waals surface area contributed by atoms with Crippen molar-refractivity contribution in [2.75, 3.05) is 26.2 Å². The fourth-order valence-electron chi connectivity index (χ4n) is 3.78. The molecule has 0 aliphatic rings. The zero-order chi connectivity index (χ0) is 21.0. The van der Waals surface area contributed by atoms with E-state index in [1.54, 1.807) is 0 Å². The van der Waals surface area contributed by atoms with Crippen LogP contribution < -0.4 is 5.32 Å².